The van der Waals surface area contributed by atoms with Crippen LogP contribution in [-0.2, 0) is 16.8 Å². The van der Waals surface area contributed by atoms with Gasteiger partial charge in [0.1, 0.15) is 17.0 Å². The van der Waals surface area contributed by atoms with E-state index in [0.29, 0.717) is 16.7 Å². The van der Waals surface area contributed by atoms with Gasteiger partial charge in [0.25, 0.3) is 5.91 Å². The number of halogens is 3. The van der Waals surface area contributed by atoms with Gasteiger partial charge in [0.15, 0.2) is 0 Å². The second kappa shape index (κ2) is 8.09. The van der Waals surface area contributed by atoms with Gasteiger partial charge < -0.3 is 20.8 Å². The molecule has 0 unspecified atom stereocenters. The minimum atomic E-state index is -4.54. The molecule has 0 radical (unpaired) electrons. The van der Waals surface area contributed by atoms with E-state index < -0.39 is 29.1 Å². The second-order valence-corrected chi connectivity index (χ2v) is 8.54. The Hall–Kier alpha value is -3.14. The van der Waals surface area contributed by atoms with Crippen LogP contribution in [0.15, 0.2) is 30.5 Å². The van der Waals surface area contributed by atoms with Crippen molar-refractivity contribution in [3.63, 3.8) is 0 Å². The average Bonchev–Trinajstić information content (AvgIpc) is 3.44. The number of hydrogen-bond acceptors (Lipinski definition) is 5. The van der Waals surface area contributed by atoms with Crippen LogP contribution < -0.4 is 10.6 Å². The standard InChI is InChI=1S/C22H24F3N3O4/c1-12-8-15(20(2,3)32)17(29)9-13(12)10-18(30)27-14-4-7-26-16(11-14)19(31)28-21(5-6-21)22(23,24)25/h4,7-9,11,29,32H,5-6,10H2,1-3H3,(H,28,31)(H,26,27,30). The minimum absolute atomic E-state index is 0.105. The fourth-order valence-corrected chi connectivity index (χ4v) is 3.32. The monoisotopic (exact) mass is 451 g/mol. The van der Waals surface area contributed by atoms with Crippen molar-refractivity contribution in [2.45, 2.75) is 57.3 Å². The van der Waals surface area contributed by atoms with E-state index in [1.165, 1.54) is 38.2 Å². The minimum Gasteiger partial charge on any atom is -0.508 e. The highest BCUT2D eigenvalue weighted by Gasteiger charge is 2.64. The molecule has 7 nitrogen and oxygen atoms in total. The van der Waals surface area contributed by atoms with Crippen LogP contribution in [0.5, 0.6) is 5.75 Å². The van der Waals surface area contributed by atoms with E-state index in [1.807, 2.05) is 5.32 Å². The van der Waals surface area contributed by atoms with Crippen LogP contribution in [0, 0.1) is 6.92 Å². The zero-order valence-electron chi connectivity index (χ0n) is 17.8. The number of benzene rings is 1. The molecule has 4 N–H and O–H groups in total. The fraction of sp³-hybridized carbons (Fsp3) is 0.409. The maximum atomic E-state index is 13.1. The number of anilines is 1. The number of carbonyl (C=O) groups is 2. The molecule has 0 atom stereocenters. The van der Waals surface area contributed by atoms with Crippen molar-refractivity contribution in [2.75, 3.05) is 5.32 Å². The quantitative estimate of drug-likeness (QED) is 0.538. The van der Waals surface area contributed by atoms with Crippen LogP contribution in [-0.4, -0.2) is 38.7 Å². The van der Waals surface area contributed by atoms with Crippen molar-refractivity contribution in [1.82, 2.24) is 10.3 Å². The third kappa shape index (κ3) is 5.01. The fourth-order valence-electron chi connectivity index (χ4n) is 3.32. The lowest BCUT2D eigenvalue weighted by molar-refractivity contribution is -0.163. The number of nitrogens with zero attached hydrogens (tertiary/aromatic N) is 1. The SMILES string of the molecule is Cc1cc(C(C)(C)O)c(O)cc1CC(=O)Nc1ccnc(C(=O)NC2(C(F)(F)F)CC2)c1. The lowest BCUT2D eigenvalue weighted by Gasteiger charge is -2.21. The number of aliphatic hydroxyl groups is 1. The Kier molecular flexibility index (Phi) is 5.94. The number of alkyl halides is 3. The van der Waals surface area contributed by atoms with Crippen LogP contribution in [0.25, 0.3) is 0 Å². The number of pyridine rings is 1. The van der Waals surface area contributed by atoms with Crippen molar-refractivity contribution in [3.05, 3.63) is 52.8 Å². The third-order valence-corrected chi connectivity index (χ3v) is 5.39. The summed E-state index contributed by atoms with van der Waals surface area (Å²) in [6.45, 7) is 4.80. The maximum Gasteiger partial charge on any atom is 0.411 e. The van der Waals surface area contributed by atoms with E-state index in [-0.39, 0.29) is 36.4 Å². The van der Waals surface area contributed by atoms with E-state index in [1.54, 1.807) is 13.0 Å². The molecule has 1 saturated carbocycles. The highest BCUT2D eigenvalue weighted by molar-refractivity contribution is 5.96. The van der Waals surface area contributed by atoms with Gasteiger partial charge in [0.2, 0.25) is 5.91 Å². The van der Waals surface area contributed by atoms with Crippen molar-refractivity contribution in [2.24, 2.45) is 0 Å². The first kappa shape index (κ1) is 23.5. The van der Waals surface area contributed by atoms with Gasteiger partial charge in [-0.3, -0.25) is 14.6 Å². The number of rotatable bonds is 6. The Morgan fingerprint density at radius 2 is 1.84 bits per heavy atom. The molecule has 0 bridgehead atoms. The zero-order valence-corrected chi connectivity index (χ0v) is 17.8. The normalized spacial score (nSPS) is 15.2. The first-order valence-electron chi connectivity index (χ1n) is 9.92. The molecule has 1 aliphatic rings. The van der Waals surface area contributed by atoms with E-state index in [9.17, 15) is 33.0 Å². The molecular formula is C22H24F3N3O4. The molecule has 10 heteroatoms. The summed E-state index contributed by atoms with van der Waals surface area (Å²) in [6, 6.07) is 5.61. The lowest BCUT2D eigenvalue weighted by atomic mass is 9.92. The van der Waals surface area contributed by atoms with E-state index in [2.05, 4.69) is 10.3 Å². The Morgan fingerprint density at radius 1 is 1.19 bits per heavy atom. The number of carbonyl (C=O) groups excluding carboxylic acids is 2. The van der Waals surface area contributed by atoms with Crippen molar-refractivity contribution in [1.29, 1.82) is 0 Å². The highest BCUT2D eigenvalue weighted by atomic mass is 19.4. The van der Waals surface area contributed by atoms with Crippen LogP contribution in [0.3, 0.4) is 0 Å². The highest BCUT2D eigenvalue weighted by Crippen LogP contribution is 2.49. The molecule has 1 heterocycles. The topological polar surface area (TPSA) is 112 Å². The molecule has 2 aromatic rings. The molecule has 1 aliphatic carbocycles. The summed E-state index contributed by atoms with van der Waals surface area (Å²) in [7, 11) is 0. The lowest BCUT2D eigenvalue weighted by Crippen LogP contribution is -2.48. The Bertz CT molecular complexity index is 1060. The first-order valence-corrected chi connectivity index (χ1v) is 9.92. The third-order valence-electron chi connectivity index (χ3n) is 5.39. The maximum absolute atomic E-state index is 13.1. The number of nitrogens with one attached hydrogen (secondary N) is 2. The van der Waals surface area contributed by atoms with Gasteiger partial charge in [0, 0.05) is 17.4 Å². The predicted octanol–water partition coefficient (Wildman–Crippen LogP) is 3.33. The van der Waals surface area contributed by atoms with Gasteiger partial charge in [-0.15, -0.1) is 0 Å². The smallest absolute Gasteiger partial charge is 0.411 e. The summed E-state index contributed by atoms with van der Waals surface area (Å²) in [6.07, 6.45) is -3.80. The number of amides is 2. The summed E-state index contributed by atoms with van der Waals surface area (Å²) in [5, 5.41) is 24.9. The second-order valence-electron chi connectivity index (χ2n) is 8.54. The summed E-state index contributed by atoms with van der Waals surface area (Å²) in [5.74, 6) is -1.58. The molecule has 0 aliphatic heterocycles. The van der Waals surface area contributed by atoms with E-state index in [0.717, 1.165) is 0 Å². The first-order chi connectivity index (χ1) is 14.7. The summed E-state index contributed by atoms with van der Waals surface area (Å²) < 4.78 is 39.2. The zero-order chi connectivity index (χ0) is 23.9. The number of aromatic hydroxyl groups is 1. The van der Waals surface area contributed by atoms with Gasteiger partial charge in [-0.25, -0.2) is 0 Å². The number of phenolic OH excluding ortho intramolecular Hbond substituents is 1. The molecular weight excluding hydrogens is 427 g/mol. The Morgan fingerprint density at radius 3 is 2.41 bits per heavy atom. The molecule has 1 aromatic heterocycles. The van der Waals surface area contributed by atoms with Crippen LogP contribution in [0.4, 0.5) is 18.9 Å². The molecule has 1 aromatic carbocycles. The van der Waals surface area contributed by atoms with Crippen molar-refractivity contribution in [3.8, 4) is 5.75 Å². The van der Waals surface area contributed by atoms with Crippen LogP contribution in [0.1, 0.15) is 53.9 Å². The van der Waals surface area contributed by atoms with Gasteiger partial charge in [-0.1, -0.05) is 0 Å². The molecule has 2 amide bonds. The molecule has 32 heavy (non-hydrogen) atoms. The molecule has 1 fully saturated rings. The number of aryl methyl sites for hydroxylation is 1. The van der Waals surface area contributed by atoms with Gasteiger partial charge in [0.05, 0.1) is 12.0 Å². The van der Waals surface area contributed by atoms with Crippen LogP contribution >= 0.6 is 0 Å². The Labute approximate surface area is 182 Å². The van der Waals surface area contributed by atoms with E-state index in [4.69, 9.17) is 0 Å². The van der Waals surface area contributed by atoms with Crippen molar-refractivity contribution < 1.29 is 33.0 Å². The van der Waals surface area contributed by atoms with Gasteiger partial charge >= 0.3 is 6.18 Å². The number of hydrogen-bond donors (Lipinski definition) is 4. The molecule has 0 saturated heterocycles. The largest absolute Gasteiger partial charge is 0.508 e. The van der Waals surface area contributed by atoms with Crippen LogP contribution in [0.2, 0.25) is 0 Å². The number of aromatic nitrogens is 1. The van der Waals surface area contributed by atoms with E-state index >= 15 is 0 Å². The molecule has 3 rings (SSSR count). The van der Waals surface area contributed by atoms with Gasteiger partial charge in [-0.2, -0.15) is 13.2 Å². The number of phenols is 1. The summed E-state index contributed by atoms with van der Waals surface area (Å²) in [4.78, 5) is 28.5. The Balaban J connectivity index is 1.69. The predicted molar refractivity (Wildman–Crippen MR) is 110 cm³/mol. The molecule has 172 valence electrons. The summed E-state index contributed by atoms with van der Waals surface area (Å²) >= 11 is 0. The van der Waals surface area contributed by atoms with Crippen molar-refractivity contribution >= 4 is 17.5 Å². The average molecular weight is 451 g/mol. The molecule has 0 spiro atoms. The summed E-state index contributed by atoms with van der Waals surface area (Å²) in [5.41, 5.74) is -1.97. The van der Waals surface area contributed by atoms with Gasteiger partial charge in [-0.05, 0) is 69.0 Å².